The summed E-state index contributed by atoms with van der Waals surface area (Å²) in [6, 6.07) is 19.2. The molecular formula is C27H23NO5. The SMILES string of the molecule is Cc1cc(C)cc(N2C(=O)C(=O)/C(=C(\O)c3ccc4c(c3)OCCO4)C2c2ccccc2)c1. The molecule has 33 heavy (non-hydrogen) atoms. The smallest absolute Gasteiger partial charge is 0.300 e. The summed E-state index contributed by atoms with van der Waals surface area (Å²) >= 11 is 0. The van der Waals surface area contributed by atoms with E-state index in [4.69, 9.17) is 9.47 Å². The maximum Gasteiger partial charge on any atom is 0.300 e. The molecule has 0 spiro atoms. The number of benzene rings is 3. The van der Waals surface area contributed by atoms with E-state index in [2.05, 4.69) is 0 Å². The lowest BCUT2D eigenvalue weighted by atomic mass is 9.95. The molecule has 5 rings (SSSR count). The Bertz CT molecular complexity index is 1270. The molecule has 1 saturated heterocycles. The standard InChI is InChI=1S/C27H23NO5/c1-16-12-17(2)14-20(13-16)28-24(18-6-4-3-5-7-18)23(26(30)27(28)31)25(29)19-8-9-21-22(15-19)33-11-10-32-21/h3-9,12-15,24,29H,10-11H2,1-2H3/b25-23-. The van der Waals surface area contributed by atoms with Gasteiger partial charge in [-0.05, 0) is 60.9 Å². The van der Waals surface area contributed by atoms with Gasteiger partial charge >= 0.3 is 0 Å². The quantitative estimate of drug-likeness (QED) is 0.362. The van der Waals surface area contributed by atoms with Crippen molar-refractivity contribution in [3.05, 3.63) is 94.6 Å². The van der Waals surface area contributed by atoms with E-state index < -0.39 is 17.7 Å². The summed E-state index contributed by atoms with van der Waals surface area (Å²) in [4.78, 5) is 28.0. The van der Waals surface area contributed by atoms with Gasteiger partial charge < -0.3 is 14.6 Å². The zero-order valence-corrected chi connectivity index (χ0v) is 18.4. The average Bonchev–Trinajstić information content (AvgIpc) is 3.08. The molecule has 1 atom stereocenters. The number of carbonyl (C=O) groups excluding carboxylic acids is 2. The topological polar surface area (TPSA) is 76.1 Å². The van der Waals surface area contributed by atoms with E-state index in [9.17, 15) is 14.7 Å². The zero-order valence-electron chi connectivity index (χ0n) is 18.4. The third-order valence-electron chi connectivity index (χ3n) is 5.86. The van der Waals surface area contributed by atoms with Crippen molar-refractivity contribution >= 4 is 23.1 Å². The fourth-order valence-corrected chi connectivity index (χ4v) is 4.49. The molecule has 2 heterocycles. The van der Waals surface area contributed by atoms with Crippen LogP contribution >= 0.6 is 0 Å². The Labute approximate surface area is 191 Å². The Morgan fingerprint density at radius 1 is 0.879 bits per heavy atom. The van der Waals surface area contributed by atoms with Crippen LogP contribution in [0.3, 0.4) is 0 Å². The molecule has 1 unspecified atom stereocenters. The number of rotatable bonds is 3. The zero-order chi connectivity index (χ0) is 23.1. The molecule has 0 aliphatic carbocycles. The van der Waals surface area contributed by atoms with Crippen LogP contribution in [-0.2, 0) is 9.59 Å². The van der Waals surface area contributed by atoms with E-state index in [0.29, 0.717) is 36.0 Å². The molecule has 1 N–H and O–H groups in total. The average molecular weight is 441 g/mol. The molecule has 2 aliphatic heterocycles. The van der Waals surface area contributed by atoms with Gasteiger partial charge in [0, 0.05) is 11.3 Å². The van der Waals surface area contributed by atoms with Gasteiger partial charge in [-0.3, -0.25) is 14.5 Å². The molecule has 3 aromatic rings. The minimum Gasteiger partial charge on any atom is -0.507 e. The van der Waals surface area contributed by atoms with E-state index in [0.717, 1.165) is 16.7 Å². The highest BCUT2D eigenvalue weighted by molar-refractivity contribution is 6.51. The minimum atomic E-state index is -0.763. The number of fused-ring (bicyclic) bond motifs is 1. The molecule has 6 nitrogen and oxygen atoms in total. The molecule has 166 valence electrons. The normalized spacial score (nSPS) is 19.1. The number of ketones is 1. The second kappa shape index (κ2) is 8.13. The number of aryl methyl sites for hydroxylation is 2. The molecule has 0 bridgehead atoms. The van der Waals surface area contributed by atoms with Crippen molar-refractivity contribution in [3.63, 3.8) is 0 Å². The summed E-state index contributed by atoms with van der Waals surface area (Å²) in [7, 11) is 0. The minimum absolute atomic E-state index is 0.0436. The van der Waals surface area contributed by atoms with Gasteiger partial charge in [0.2, 0.25) is 0 Å². The fraction of sp³-hybridized carbons (Fsp3) is 0.185. The van der Waals surface area contributed by atoms with Gasteiger partial charge in [0.25, 0.3) is 11.7 Å². The maximum absolute atomic E-state index is 13.3. The number of amides is 1. The van der Waals surface area contributed by atoms with Crippen molar-refractivity contribution in [2.24, 2.45) is 0 Å². The van der Waals surface area contributed by atoms with Crippen molar-refractivity contribution in [2.45, 2.75) is 19.9 Å². The predicted molar refractivity (Wildman–Crippen MR) is 125 cm³/mol. The van der Waals surface area contributed by atoms with Crippen molar-refractivity contribution in [3.8, 4) is 11.5 Å². The Morgan fingerprint density at radius 2 is 1.55 bits per heavy atom. The summed E-state index contributed by atoms with van der Waals surface area (Å²) in [6.45, 7) is 4.74. The predicted octanol–water partition coefficient (Wildman–Crippen LogP) is 4.70. The maximum atomic E-state index is 13.3. The summed E-state index contributed by atoms with van der Waals surface area (Å²) in [5.41, 5.74) is 3.73. The third kappa shape index (κ3) is 3.63. The highest BCUT2D eigenvalue weighted by Crippen LogP contribution is 2.43. The summed E-state index contributed by atoms with van der Waals surface area (Å²) in [5, 5.41) is 11.3. The lowest BCUT2D eigenvalue weighted by Gasteiger charge is -2.26. The first-order valence-electron chi connectivity index (χ1n) is 10.8. The Hall–Kier alpha value is -4.06. The van der Waals surface area contributed by atoms with E-state index in [1.54, 1.807) is 18.2 Å². The third-order valence-corrected chi connectivity index (χ3v) is 5.86. The number of carbonyl (C=O) groups is 2. The molecule has 0 radical (unpaired) electrons. The molecule has 0 aromatic heterocycles. The van der Waals surface area contributed by atoms with Crippen molar-refractivity contribution < 1.29 is 24.2 Å². The van der Waals surface area contributed by atoms with Crippen molar-refractivity contribution in [1.82, 2.24) is 0 Å². The first kappa shape index (κ1) is 20.8. The van der Waals surface area contributed by atoms with Crippen LogP contribution < -0.4 is 14.4 Å². The van der Waals surface area contributed by atoms with Crippen LogP contribution in [0.1, 0.15) is 28.3 Å². The number of Topliss-reactive ketones (excluding diaryl/α,β-unsaturated/α-hetero) is 1. The van der Waals surface area contributed by atoms with Gasteiger partial charge in [-0.15, -0.1) is 0 Å². The van der Waals surface area contributed by atoms with Gasteiger partial charge in [0.05, 0.1) is 11.6 Å². The molecular weight excluding hydrogens is 418 g/mol. The van der Waals surface area contributed by atoms with E-state index in [1.165, 1.54) is 4.90 Å². The second-order valence-corrected chi connectivity index (χ2v) is 8.28. The first-order valence-corrected chi connectivity index (χ1v) is 10.8. The second-order valence-electron chi connectivity index (χ2n) is 8.28. The molecule has 1 fully saturated rings. The molecule has 0 saturated carbocycles. The summed E-state index contributed by atoms with van der Waals surface area (Å²) < 4.78 is 11.2. The highest BCUT2D eigenvalue weighted by atomic mass is 16.6. The van der Waals surface area contributed by atoms with Crippen LogP contribution in [0.5, 0.6) is 11.5 Å². The van der Waals surface area contributed by atoms with E-state index >= 15 is 0 Å². The van der Waals surface area contributed by atoms with Gasteiger partial charge in [0.15, 0.2) is 11.5 Å². The van der Waals surface area contributed by atoms with Crippen LogP contribution in [0.15, 0.2) is 72.3 Å². The van der Waals surface area contributed by atoms with Gasteiger partial charge in [0.1, 0.15) is 19.0 Å². The van der Waals surface area contributed by atoms with Crippen LogP contribution in [0.2, 0.25) is 0 Å². The van der Waals surface area contributed by atoms with E-state index in [1.807, 2.05) is 62.4 Å². The van der Waals surface area contributed by atoms with Gasteiger partial charge in [-0.25, -0.2) is 0 Å². The lowest BCUT2D eigenvalue weighted by Crippen LogP contribution is -2.29. The summed E-state index contributed by atoms with van der Waals surface area (Å²) in [5.74, 6) is -0.576. The van der Waals surface area contributed by atoms with Crippen molar-refractivity contribution in [2.75, 3.05) is 18.1 Å². The van der Waals surface area contributed by atoms with E-state index in [-0.39, 0.29) is 11.3 Å². The Kier molecular flexibility index (Phi) is 5.13. The lowest BCUT2D eigenvalue weighted by molar-refractivity contribution is -0.132. The van der Waals surface area contributed by atoms with Gasteiger partial charge in [-0.2, -0.15) is 0 Å². The number of aliphatic hydroxyl groups is 1. The highest BCUT2D eigenvalue weighted by Gasteiger charge is 2.47. The van der Waals surface area contributed by atoms with Crippen LogP contribution in [-0.4, -0.2) is 30.0 Å². The molecule has 2 aliphatic rings. The van der Waals surface area contributed by atoms with Crippen molar-refractivity contribution in [1.29, 1.82) is 0 Å². The monoisotopic (exact) mass is 441 g/mol. The number of aliphatic hydroxyl groups excluding tert-OH is 1. The van der Waals surface area contributed by atoms with Crippen LogP contribution in [0.4, 0.5) is 5.69 Å². The summed E-state index contributed by atoms with van der Waals surface area (Å²) in [6.07, 6.45) is 0. The number of ether oxygens (including phenoxy) is 2. The number of hydrogen-bond donors (Lipinski definition) is 1. The number of anilines is 1. The fourth-order valence-electron chi connectivity index (χ4n) is 4.49. The molecule has 3 aromatic carbocycles. The van der Waals surface area contributed by atoms with Gasteiger partial charge in [-0.1, -0.05) is 36.4 Å². The first-order chi connectivity index (χ1) is 15.9. The van der Waals surface area contributed by atoms with Crippen LogP contribution in [0.25, 0.3) is 5.76 Å². The molecule has 1 amide bonds. The largest absolute Gasteiger partial charge is 0.507 e. The van der Waals surface area contributed by atoms with Crippen LogP contribution in [0, 0.1) is 13.8 Å². The number of nitrogens with zero attached hydrogens (tertiary/aromatic N) is 1. The Balaban J connectivity index is 1.70. The molecule has 6 heteroatoms. The Morgan fingerprint density at radius 3 is 2.24 bits per heavy atom. The number of hydrogen-bond acceptors (Lipinski definition) is 5.